The van der Waals surface area contributed by atoms with E-state index in [0.29, 0.717) is 18.8 Å². The Kier molecular flexibility index (Phi) is 4.05. The Morgan fingerprint density at radius 2 is 2.27 bits per heavy atom. The van der Waals surface area contributed by atoms with Gasteiger partial charge in [-0.1, -0.05) is 6.07 Å². The lowest BCUT2D eigenvalue weighted by atomic mass is 10.2. The summed E-state index contributed by atoms with van der Waals surface area (Å²) in [5.74, 6) is -1.35. The van der Waals surface area contributed by atoms with Gasteiger partial charge < -0.3 is 15.7 Å². The van der Waals surface area contributed by atoms with Crippen LogP contribution in [0.15, 0.2) is 24.3 Å². The van der Waals surface area contributed by atoms with Crippen LogP contribution in [0, 0.1) is 5.82 Å². The standard InChI is InChI=1S/C10H13FN2O2/c11-8-2-1-3-9(6-8)13(5-4-12)7-10(14)15/h1-3,6H,4-5,7,12H2,(H,14,15). The number of hydrogen-bond acceptors (Lipinski definition) is 3. The van der Waals surface area contributed by atoms with E-state index in [1.54, 1.807) is 6.07 Å². The second kappa shape index (κ2) is 5.31. The van der Waals surface area contributed by atoms with Crippen molar-refractivity contribution in [3.8, 4) is 0 Å². The van der Waals surface area contributed by atoms with E-state index in [2.05, 4.69) is 0 Å². The van der Waals surface area contributed by atoms with E-state index in [-0.39, 0.29) is 12.4 Å². The van der Waals surface area contributed by atoms with Crippen LogP contribution in [0.25, 0.3) is 0 Å². The number of carboxylic acids is 1. The summed E-state index contributed by atoms with van der Waals surface area (Å²) in [7, 11) is 0. The predicted molar refractivity (Wildman–Crippen MR) is 55.3 cm³/mol. The number of nitrogens with zero attached hydrogens (tertiary/aromatic N) is 1. The highest BCUT2D eigenvalue weighted by Crippen LogP contribution is 2.14. The maximum absolute atomic E-state index is 12.9. The number of nitrogens with two attached hydrogens (primary N) is 1. The molecule has 5 heteroatoms. The lowest BCUT2D eigenvalue weighted by Gasteiger charge is -2.21. The monoisotopic (exact) mass is 212 g/mol. The van der Waals surface area contributed by atoms with Crippen LogP contribution >= 0.6 is 0 Å². The van der Waals surface area contributed by atoms with Gasteiger partial charge in [0.1, 0.15) is 12.4 Å². The van der Waals surface area contributed by atoms with Crippen LogP contribution in [-0.4, -0.2) is 30.7 Å². The number of aliphatic carboxylic acids is 1. The Labute approximate surface area is 87.1 Å². The van der Waals surface area contributed by atoms with Gasteiger partial charge in [0.15, 0.2) is 0 Å². The summed E-state index contributed by atoms with van der Waals surface area (Å²) >= 11 is 0. The van der Waals surface area contributed by atoms with Crippen LogP contribution < -0.4 is 10.6 Å². The second-order valence-electron chi connectivity index (χ2n) is 3.08. The third-order valence-electron chi connectivity index (χ3n) is 1.90. The summed E-state index contributed by atoms with van der Waals surface area (Å²) in [5, 5.41) is 8.66. The van der Waals surface area contributed by atoms with Crippen molar-refractivity contribution in [2.75, 3.05) is 24.5 Å². The van der Waals surface area contributed by atoms with Crippen LogP contribution in [0.2, 0.25) is 0 Å². The largest absolute Gasteiger partial charge is 0.480 e. The van der Waals surface area contributed by atoms with Gasteiger partial charge in [-0.3, -0.25) is 4.79 Å². The quantitative estimate of drug-likeness (QED) is 0.753. The summed E-state index contributed by atoms with van der Waals surface area (Å²) < 4.78 is 12.9. The first-order valence-electron chi connectivity index (χ1n) is 4.56. The molecule has 0 aliphatic rings. The molecule has 1 aromatic rings. The molecule has 0 amide bonds. The number of anilines is 1. The highest BCUT2D eigenvalue weighted by molar-refractivity contribution is 5.73. The number of carbonyl (C=O) groups is 1. The van der Waals surface area contributed by atoms with Crippen LogP contribution in [0.3, 0.4) is 0 Å². The summed E-state index contributed by atoms with van der Waals surface area (Å²) in [6.07, 6.45) is 0. The molecule has 0 fully saturated rings. The number of hydrogen-bond donors (Lipinski definition) is 2. The molecule has 0 saturated heterocycles. The predicted octanol–water partition coefficient (Wildman–Crippen LogP) is 0.675. The zero-order valence-corrected chi connectivity index (χ0v) is 8.19. The van der Waals surface area contributed by atoms with Crippen molar-refractivity contribution in [2.45, 2.75) is 0 Å². The molecule has 0 aliphatic heterocycles. The van der Waals surface area contributed by atoms with E-state index in [1.165, 1.54) is 23.1 Å². The van der Waals surface area contributed by atoms with Crippen molar-refractivity contribution in [3.05, 3.63) is 30.1 Å². The summed E-state index contributed by atoms with van der Waals surface area (Å²) in [6.45, 7) is 0.528. The maximum Gasteiger partial charge on any atom is 0.323 e. The van der Waals surface area contributed by atoms with Crippen LogP contribution in [0.4, 0.5) is 10.1 Å². The number of carboxylic acid groups (broad SMARTS) is 1. The molecular weight excluding hydrogens is 199 g/mol. The van der Waals surface area contributed by atoms with Crippen molar-refractivity contribution in [3.63, 3.8) is 0 Å². The highest BCUT2D eigenvalue weighted by atomic mass is 19.1. The van der Waals surface area contributed by atoms with Gasteiger partial charge >= 0.3 is 5.97 Å². The molecule has 0 atom stereocenters. The van der Waals surface area contributed by atoms with Gasteiger partial charge in [-0.2, -0.15) is 0 Å². The van der Waals surface area contributed by atoms with Gasteiger partial charge in [0.05, 0.1) is 0 Å². The van der Waals surface area contributed by atoms with E-state index < -0.39 is 5.97 Å². The second-order valence-corrected chi connectivity index (χ2v) is 3.08. The SMILES string of the molecule is NCCN(CC(=O)O)c1cccc(F)c1. The molecular formula is C10H13FN2O2. The average Bonchev–Trinajstić information content (AvgIpc) is 2.16. The molecule has 0 bridgehead atoms. The molecule has 0 spiro atoms. The zero-order valence-electron chi connectivity index (χ0n) is 8.19. The minimum absolute atomic E-state index is 0.180. The van der Waals surface area contributed by atoms with Crippen molar-refractivity contribution in [1.82, 2.24) is 0 Å². The Bertz CT molecular complexity index is 344. The molecule has 15 heavy (non-hydrogen) atoms. The van der Waals surface area contributed by atoms with Crippen molar-refractivity contribution >= 4 is 11.7 Å². The number of benzene rings is 1. The summed E-state index contributed by atoms with van der Waals surface area (Å²) in [6, 6.07) is 5.79. The van der Waals surface area contributed by atoms with Crippen molar-refractivity contribution < 1.29 is 14.3 Å². The Morgan fingerprint density at radius 3 is 2.80 bits per heavy atom. The summed E-state index contributed by atoms with van der Waals surface area (Å²) in [4.78, 5) is 12.1. The Balaban J connectivity index is 2.83. The molecule has 1 aromatic carbocycles. The Hall–Kier alpha value is -1.62. The third-order valence-corrected chi connectivity index (χ3v) is 1.90. The molecule has 0 heterocycles. The van der Waals surface area contributed by atoms with Gasteiger partial charge in [0, 0.05) is 18.8 Å². The first-order valence-corrected chi connectivity index (χ1v) is 4.56. The molecule has 0 radical (unpaired) electrons. The smallest absolute Gasteiger partial charge is 0.323 e. The molecule has 1 rings (SSSR count). The zero-order chi connectivity index (χ0) is 11.3. The summed E-state index contributed by atoms with van der Waals surface area (Å²) in [5.41, 5.74) is 5.88. The van der Waals surface area contributed by atoms with Crippen molar-refractivity contribution in [1.29, 1.82) is 0 Å². The van der Waals surface area contributed by atoms with Crippen LogP contribution in [0.1, 0.15) is 0 Å². The molecule has 3 N–H and O–H groups in total. The molecule has 0 aliphatic carbocycles. The fourth-order valence-electron chi connectivity index (χ4n) is 1.29. The minimum atomic E-state index is -0.965. The molecule has 0 saturated carbocycles. The van der Waals surface area contributed by atoms with Gasteiger partial charge in [-0.05, 0) is 18.2 Å². The van der Waals surface area contributed by atoms with E-state index in [1.807, 2.05) is 0 Å². The Morgan fingerprint density at radius 1 is 1.53 bits per heavy atom. The van der Waals surface area contributed by atoms with E-state index in [4.69, 9.17) is 10.8 Å². The minimum Gasteiger partial charge on any atom is -0.480 e. The van der Waals surface area contributed by atoms with Crippen LogP contribution in [0.5, 0.6) is 0 Å². The van der Waals surface area contributed by atoms with Gasteiger partial charge in [0.2, 0.25) is 0 Å². The lowest BCUT2D eigenvalue weighted by molar-refractivity contribution is -0.135. The fourth-order valence-corrected chi connectivity index (χ4v) is 1.29. The normalized spacial score (nSPS) is 10.0. The van der Waals surface area contributed by atoms with Crippen LogP contribution in [-0.2, 0) is 4.79 Å². The number of rotatable bonds is 5. The first-order chi connectivity index (χ1) is 7.13. The average molecular weight is 212 g/mol. The van der Waals surface area contributed by atoms with E-state index in [9.17, 15) is 9.18 Å². The van der Waals surface area contributed by atoms with E-state index in [0.717, 1.165) is 0 Å². The number of halogens is 1. The molecule has 4 nitrogen and oxygen atoms in total. The van der Waals surface area contributed by atoms with Gasteiger partial charge in [0.25, 0.3) is 0 Å². The molecule has 0 unspecified atom stereocenters. The van der Waals surface area contributed by atoms with E-state index >= 15 is 0 Å². The van der Waals surface area contributed by atoms with Gasteiger partial charge in [-0.15, -0.1) is 0 Å². The highest BCUT2D eigenvalue weighted by Gasteiger charge is 2.09. The van der Waals surface area contributed by atoms with Gasteiger partial charge in [-0.25, -0.2) is 4.39 Å². The lowest BCUT2D eigenvalue weighted by Crippen LogP contribution is -2.34. The maximum atomic E-state index is 12.9. The molecule has 82 valence electrons. The third kappa shape index (κ3) is 3.55. The molecule has 0 aromatic heterocycles. The topological polar surface area (TPSA) is 66.6 Å². The van der Waals surface area contributed by atoms with Crippen molar-refractivity contribution in [2.24, 2.45) is 5.73 Å². The fraction of sp³-hybridized carbons (Fsp3) is 0.300. The first kappa shape index (κ1) is 11.5.